The van der Waals surface area contributed by atoms with Crippen LogP contribution in [0.3, 0.4) is 0 Å². The Labute approximate surface area is 213 Å². The van der Waals surface area contributed by atoms with E-state index in [1.165, 1.54) is 48.5 Å². The molecule has 0 atom stereocenters. The zero-order valence-electron chi connectivity index (χ0n) is 18.3. The number of hydrogen-bond acceptors (Lipinski definition) is 7. The molecule has 0 unspecified atom stereocenters. The molecule has 11 nitrogen and oxygen atoms in total. The first-order chi connectivity index (χ1) is 16.5. The third kappa shape index (κ3) is 10.3. The third-order valence-electron chi connectivity index (χ3n) is 4.17. The van der Waals surface area contributed by atoms with Gasteiger partial charge in [0.25, 0.3) is 20.0 Å². The lowest BCUT2D eigenvalue weighted by atomic mass is 10.4. The van der Waals surface area contributed by atoms with Gasteiger partial charge in [-0.1, -0.05) is 35.3 Å². The Morgan fingerprint density at radius 3 is 1.49 bits per heavy atom. The van der Waals surface area contributed by atoms with Crippen LogP contribution in [-0.4, -0.2) is 55.2 Å². The first kappa shape index (κ1) is 28.7. The van der Waals surface area contributed by atoms with E-state index in [0.717, 1.165) is 0 Å². The highest BCUT2D eigenvalue weighted by molar-refractivity contribution is 7.90. The number of ether oxygens (including phenoxy) is 1. The fraction of sp³-hybridized carbons (Fsp3) is 0.300. The van der Waals surface area contributed by atoms with Gasteiger partial charge in [0.2, 0.25) is 0 Å². The molecular weight excluding hydrogens is 543 g/mol. The SMILES string of the molecule is O=C(NCCCOCCCNC(=O)NS(=O)(=O)c1cccc(Cl)c1)NS(=O)(=O)c1cccc(Cl)c1. The summed E-state index contributed by atoms with van der Waals surface area (Å²) in [6.07, 6.45) is 0.826. The summed E-state index contributed by atoms with van der Waals surface area (Å²) in [5, 5.41) is 5.26. The van der Waals surface area contributed by atoms with Crippen molar-refractivity contribution in [3.05, 3.63) is 58.6 Å². The van der Waals surface area contributed by atoms with E-state index in [1.807, 2.05) is 9.44 Å². The summed E-state index contributed by atoms with van der Waals surface area (Å²) < 4.78 is 57.6. The first-order valence-corrected chi connectivity index (χ1v) is 13.9. The van der Waals surface area contributed by atoms with Gasteiger partial charge in [0.05, 0.1) is 9.79 Å². The average Bonchev–Trinajstić information content (AvgIpc) is 2.77. The molecule has 4 amide bonds. The van der Waals surface area contributed by atoms with Crippen LogP contribution in [0, 0.1) is 0 Å². The molecule has 15 heteroatoms. The fourth-order valence-electron chi connectivity index (χ4n) is 2.56. The smallest absolute Gasteiger partial charge is 0.328 e. The number of carbonyl (C=O) groups is 2. The molecule has 0 aliphatic heterocycles. The normalized spacial score (nSPS) is 11.5. The zero-order chi connectivity index (χ0) is 25.9. The lowest BCUT2D eigenvalue weighted by Crippen LogP contribution is -2.40. The molecule has 35 heavy (non-hydrogen) atoms. The monoisotopic (exact) mass is 566 g/mol. The molecule has 0 fully saturated rings. The first-order valence-electron chi connectivity index (χ1n) is 10.2. The van der Waals surface area contributed by atoms with Gasteiger partial charge in [0.1, 0.15) is 0 Å². The second kappa shape index (κ2) is 13.5. The molecule has 0 aliphatic rings. The summed E-state index contributed by atoms with van der Waals surface area (Å²) in [5.74, 6) is 0. The van der Waals surface area contributed by atoms with Crippen LogP contribution in [-0.2, 0) is 24.8 Å². The molecule has 0 radical (unpaired) electrons. The van der Waals surface area contributed by atoms with Gasteiger partial charge >= 0.3 is 12.1 Å². The minimum Gasteiger partial charge on any atom is -0.381 e. The summed E-state index contributed by atoms with van der Waals surface area (Å²) in [4.78, 5) is 23.3. The average molecular weight is 567 g/mol. The van der Waals surface area contributed by atoms with Crippen LogP contribution in [0.5, 0.6) is 0 Å². The second-order valence-corrected chi connectivity index (χ2v) is 11.2. The van der Waals surface area contributed by atoms with E-state index in [9.17, 15) is 26.4 Å². The standard InChI is InChI=1S/C20H24Cl2N4O7S2/c21-15-5-1-7-17(13-15)34(29,30)25-19(27)23-9-3-11-33-12-4-10-24-20(28)26-35(31,32)18-8-2-6-16(22)14-18/h1-2,5-8,13-14H,3-4,9-12H2,(H2,23,25,27)(H2,24,26,28). The maximum Gasteiger partial charge on any atom is 0.328 e. The quantitative estimate of drug-likeness (QED) is 0.287. The summed E-state index contributed by atoms with van der Waals surface area (Å²) in [5.41, 5.74) is 0. The topological polar surface area (TPSA) is 160 Å². The number of benzene rings is 2. The van der Waals surface area contributed by atoms with Gasteiger partial charge < -0.3 is 15.4 Å². The summed E-state index contributed by atoms with van der Waals surface area (Å²) >= 11 is 11.5. The van der Waals surface area contributed by atoms with Crippen LogP contribution < -0.4 is 20.1 Å². The predicted molar refractivity (Wildman–Crippen MR) is 130 cm³/mol. The lowest BCUT2D eigenvalue weighted by molar-refractivity contribution is 0.130. The Morgan fingerprint density at radius 2 is 1.11 bits per heavy atom. The molecule has 0 aliphatic carbocycles. The number of amides is 4. The van der Waals surface area contributed by atoms with Gasteiger partial charge in [-0.3, -0.25) is 0 Å². The number of nitrogens with one attached hydrogen (secondary N) is 4. The maximum absolute atomic E-state index is 12.1. The molecule has 0 spiro atoms. The van der Waals surface area contributed by atoms with E-state index in [-0.39, 0.29) is 46.1 Å². The van der Waals surface area contributed by atoms with Gasteiger partial charge in [0.15, 0.2) is 0 Å². The van der Waals surface area contributed by atoms with Crippen LogP contribution in [0.15, 0.2) is 58.3 Å². The fourth-order valence-corrected chi connectivity index (χ4v) is 5.01. The van der Waals surface area contributed by atoms with Crippen molar-refractivity contribution in [3.8, 4) is 0 Å². The zero-order valence-corrected chi connectivity index (χ0v) is 21.4. The number of rotatable bonds is 12. The Bertz CT molecular complexity index is 1150. The maximum atomic E-state index is 12.1. The van der Waals surface area contributed by atoms with Crippen molar-refractivity contribution in [2.75, 3.05) is 26.3 Å². The second-order valence-electron chi connectivity index (χ2n) is 6.96. The van der Waals surface area contributed by atoms with E-state index < -0.39 is 32.1 Å². The van der Waals surface area contributed by atoms with Crippen molar-refractivity contribution in [2.24, 2.45) is 0 Å². The molecule has 2 aromatic rings. The van der Waals surface area contributed by atoms with Gasteiger partial charge in [-0.15, -0.1) is 0 Å². The van der Waals surface area contributed by atoms with E-state index in [2.05, 4.69) is 10.6 Å². The minimum absolute atomic E-state index is 0.132. The van der Waals surface area contributed by atoms with Crippen molar-refractivity contribution in [2.45, 2.75) is 22.6 Å². The molecule has 2 rings (SSSR count). The van der Waals surface area contributed by atoms with E-state index in [0.29, 0.717) is 12.8 Å². The van der Waals surface area contributed by atoms with Crippen LogP contribution in [0.2, 0.25) is 10.0 Å². The van der Waals surface area contributed by atoms with Crippen LogP contribution in [0.1, 0.15) is 12.8 Å². The molecule has 0 saturated heterocycles. The molecule has 0 heterocycles. The Kier molecular flexibility index (Phi) is 11.0. The molecule has 0 aromatic heterocycles. The van der Waals surface area contributed by atoms with Crippen molar-refractivity contribution in [1.82, 2.24) is 20.1 Å². The van der Waals surface area contributed by atoms with Crippen molar-refractivity contribution in [1.29, 1.82) is 0 Å². The summed E-state index contributed by atoms with van der Waals surface area (Å²) in [6, 6.07) is 9.24. The van der Waals surface area contributed by atoms with Crippen LogP contribution in [0.4, 0.5) is 9.59 Å². The van der Waals surface area contributed by atoms with Crippen LogP contribution >= 0.6 is 23.2 Å². The molecule has 4 N–H and O–H groups in total. The summed E-state index contributed by atoms with van der Waals surface area (Å²) in [7, 11) is -8.07. The van der Waals surface area contributed by atoms with Crippen molar-refractivity contribution < 1.29 is 31.2 Å². The lowest BCUT2D eigenvalue weighted by Gasteiger charge is -2.10. The largest absolute Gasteiger partial charge is 0.381 e. The van der Waals surface area contributed by atoms with Crippen molar-refractivity contribution in [3.63, 3.8) is 0 Å². The van der Waals surface area contributed by atoms with Gasteiger partial charge in [-0.2, -0.15) is 0 Å². The number of hydrogen-bond donors (Lipinski definition) is 4. The van der Waals surface area contributed by atoms with Gasteiger partial charge in [-0.05, 0) is 49.2 Å². The number of urea groups is 2. The Hall–Kier alpha value is -2.58. The van der Waals surface area contributed by atoms with Gasteiger partial charge in [-0.25, -0.2) is 35.9 Å². The predicted octanol–water partition coefficient (Wildman–Crippen LogP) is 2.47. The van der Waals surface area contributed by atoms with Crippen molar-refractivity contribution >= 4 is 55.3 Å². The molecule has 0 bridgehead atoms. The Balaban J connectivity index is 1.55. The van der Waals surface area contributed by atoms with Crippen LogP contribution in [0.25, 0.3) is 0 Å². The highest BCUT2D eigenvalue weighted by atomic mass is 35.5. The molecule has 0 saturated carbocycles. The highest BCUT2D eigenvalue weighted by Crippen LogP contribution is 2.16. The van der Waals surface area contributed by atoms with Gasteiger partial charge in [0, 0.05) is 36.3 Å². The molecular formula is C20H24Cl2N4O7S2. The van der Waals surface area contributed by atoms with E-state index >= 15 is 0 Å². The summed E-state index contributed by atoms with van der Waals surface area (Å²) in [6.45, 7) is 0.880. The number of sulfonamides is 2. The number of halogens is 2. The molecule has 2 aromatic carbocycles. The highest BCUT2D eigenvalue weighted by Gasteiger charge is 2.18. The van der Waals surface area contributed by atoms with E-state index in [1.54, 1.807) is 0 Å². The third-order valence-corrected chi connectivity index (χ3v) is 7.30. The number of carbonyl (C=O) groups excluding carboxylic acids is 2. The Morgan fingerprint density at radius 1 is 0.714 bits per heavy atom. The minimum atomic E-state index is -4.04. The molecule has 192 valence electrons. The van der Waals surface area contributed by atoms with E-state index in [4.69, 9.17) is 27.9 Å².